The lowest BCUT2D eigenvalue weighted by Gasteiger charge is -2.24. The number of carbonyl (C=O) groups is 3. The van der Waals surface area contributed by atoms with Crippen LogP contribution >= 0.6 is 0 Å². The number of hydrogen-bond donors (Lipinski definition) is 7. The van der Waals surface area contributed by atoms with E-state index in [2.05, 4.69) is 10.6 Å². The van der Waals surface area contributed by atoms with Crippen LogP contribution in [-0.4, -0.2) is 68.5 Å². The number of carboxylic acid groups (broad SMARTS) is 1. The molecule has 1 rings (SSSR count). The van der Waals surface area contributed by atoms with E-state index in [0.29, 0.717) is 5.56 Å². The van der Waals surface area contributed by atoms with Crippen LogP contribution < -0.4 is 16.4 Å². The van der Waals surface area contributed by atoms with E-state index < -0.39 is 48.1 Å². The first-order valence-electron chi connectivity index (χ1n) is 8.26. The van der Waals surface area contributed by atoms with Gasteiger partial charge in [0.1, 0.15) is 17.8 Å². The molecule has 0 bridgehead atoms. The van der Waals surface area contributed by atoms with Gasteiger partial charge in [-0.25, -0.2) is 4.79 Å². The SMILES string of the molecule is C[C@@H](O)[C@H](N)C(=O)N[C@@H](Cc1ccc(O)cc1)C(=O)N[C@H](C(=O)O)[C@@H](C)O. The maximum absolute atomic E-state index is 12.5. The Morgan fingerprint density at radius 3 is 2.00 bits per heavy atom. The van der Waals surface area contributed by atoms with Crippen LogP contribution in [0.5, 0.6) is 5.75 Å². The number of phenols is 1. The zero-order chi connectivity index (χ0) is 20.7. The standard InChI is InChI=1S/C17H25N3O7/c1-8(21)13(18)16(25)19-12(7-10-3-5-11(23)6-4-10)15(24)20-14(9(2)22)17(26)27/h3-6,8-9,12-14,21-23H,7,18H2,1-2H3,(H,19,25)(H,20,24)(H,26,27)/t8-,9-,12+,13+,14+/m1/s1. The van der Waals surface area contributed by atoms with Gasteiger partial charge < -0.3 is 36.8 Å². The first-order valence-corrected chi connectivity index (χ1v) is 8.26. The van der Waals surface area contributed by atoms with Gasteiger partial charge in [0, 0.05) is 6.42 Å². The van der Waals surface area contributed by atoms with Crippen molar-refractivity contribution in [3.05, 3.63) is 29.8 Å². The first kappa shape index (κ1) is 22.4. The van der Waals surface area contributed by atoms with Crippen LogP contribution in [0.2, 0.25) is 0 Å². The quantitative estimate of drug-likeness (QED) is 0.257. The Hall–Kier alpha value is -2.69. The molecule has 10 heteroatoms. The predicted octanol–water partition coefficient (Wildman–Crippen LogP) is -1.92. The van der Waals surface area contributed by atoms with Crippen LogP contribution in [0.1, 0.15) is 19.4 Å². The summed E-state index contributed by atoms with van der Waals surface area (Å²) in [6.07, 6.45) is -2.56. The number of rotatable bonds is 9. The molecule has 0 heterocycles. The number of carboxylic acids is 1. The molecule has 0 aliphatic rings. The third-order valence-electron chi connectivity index (χ3n) is 3.88. The zero-order valence-electron chi connectivity index (χ0n) is 15.0. The molecule has 8 N–H and O–H groups in total. The van der Waals surface area contributed by atoms with Crippen LogP contribution in [-0.2, 0) is 20.8 Å². The van der Waals surface area contributed by atoms with Gasteiger partial charge in [-0.2, -0.15) is 0 Å². The molecule has 10 nitrogen and oxygen atoms in total. The summed E-state index contributed by atoms with van der Waals surface area (Å²) < 4.78 is 0. The van der Waals surface area contributed by atoms with Gasteiger partial charge in [0.05, 0.1) is 12.2 Å². The Morgan fingerprint density at radius 1 is 1.00 bits per heavy atom. The molecule has 1 aromatic carbocycles. The average molecular weight is 383 g/mol. The number of phenolic OH excluding ortho intramolecular Hbond substituents is 1. The van der Waals surface area contributed by atoms with Crippen molar-refractivity contribution in [2.45, 2.75) is 50.6 Å². The Bertz CT molecular complexity index is 661. The van der Waals surface area contributed by atoms with Crippen molar-refractivity contribution in [3.8, 4) is 5.75 Å². The van der Waals surface area contributed by atoms with Crippen LogP contribution in [0.25, 0.3) is 0 Å². The van der Waals surface area contributed by atoms with Crippen LogP contribution in [0, 0.1) is 0 Å². The summed E-state index contributed by atoms with van der Waals surface area (Å²) in [5, 5.41) is 41.9. The molecule has 0 unspecified atom stereocenters. The Morgan fingerprint density at radius 2 is 1.56 bits per heavy atom. The molecular formula is C17H25N3O7. The highest BCUT2D eigenvalue weighted by Crippen LogP contribution is 2.12. The first-order chi connectivity index (χ1) is 12.5. The fraction of sp³-hybridized carbons (Fsp3) is 0.471. The van der Waals surface area contributed by atoms with Crippen molar-refractivity contribution >= 4 is 17.8 Å². The second kappa shape index (κ2) is 9.86. The maximum atomic E-state index is 12.5. The van der Waals surface area contributed by atoms with Crippen molar-refractivity contribution in [2.75, 3.05) is 0 Å². The van der Waals surface area contributed by atoms with E-state index in [1.165, 1.54) is 38.1 Å². The fourth-order valence-corrected chi connectivity index (χ4v) is 2.21. The molecule has 2 amide bonds. The zero-order valence-corrected chi connectivity index (χ0v) is 15.0. The van der Waals surface area contributed by atoms with Crippen LogP contribution in [0.3, 0.4) is 0 Å². The minimum absolute atomic E-state index is 0.0139. The number of aromatic hydroxyl groups is 1. The van der Waals surface area contributed by atoms with Gasteiger partial charge in [0.25, 0.3) is 0 Å². The number of aliphatic hydroxyl groups excluding tert-OH is 2. The molecule has 1 aromatic rings. The summed E-state index contributed by atoms with van der Waals surface area (Å²) in [5.74, 6) is -3.07. The maximum Gasteiger partial charge on any atom is 0.328 e. The summed E-state index contributed by atoms with van der Waals surface area (Å²) >= 11 is 0. The molecule has 0 saturated carbocycles. The van der Waals surface area contributed by atoms with E-state index in [1.807, 2.05) is 0 Å². The van der Waals surface area contributed by atoms with Crippen LogP contribution in [0.15, 0.2) is 24.3 Å². The smallest absolute Gasteiger partial charge is 0.328 e. The molecule has 5 atom stereocenters. The Labute approximate surface area is 156 Å². The summed E-state index contributed by atoms with van der Waals surface area (Å²) in [6.45, 7) is 2.52. The van der Waals surface area contributed by atoms with Crippen molar-refractivity contribution in [1.82, 2.24) is 10.6 Å². The van der Waals surface area contributed by atoms with Gasteiger partial charge in [-0.1, -0.05) is 12.1 Å². The highest BCUT2D eigenvalue weighted by molar-refractivity contribution is 5.92. The predicted molar refractivity (Wildman–Crippen MR) is 94.6 cm³/mol. The van der Waals surface area contributed by atoms with Crippen molar-refractivity contribution in [1.29, 1.82) is 0 Å². The lowest BCUT2D eigenvalue weighted by Crippen LogP contribution is -2.58. The number of nitrogens with two attached hydrogens (primary N) is 1. The second-order valence-electron chi connectivity index (χ2n) is 6.26. The number of benzene rings is 1. The monoisotopic (exact) mass is 383 g/mol. The van der Waals surface area contributed by atoms with E-state index in [4.69, 9.17) is 10.8 Å². The summed E-state index contributed by atoms with van der Waals surface area (Å²) in [7, 11) is 0. The number of hydrogen-bond acceptors (Lipinski definition) is 7. The highest BCUT2D eigenvalue weighted by Gasteiger charge is 2.31. The van der Waals surface area contributed by atoms with Gasteiger partial charge in [-0.05, 0) is 31.5 Å². The van der Waals surface area contributed by atoms with E-state index in [0.717, 1.165) is 0 Å². The number of carbonyl (C=O) groups excluding carboxylic acids is 2. The number of aliphatic hydroxyl groups is 2. The molecule has 0 radical (unpaired) electrons. The fourth-order valence-electron chi connectivity index (χ4n) is 2.21. The third-order valence-corrected chi connectivity index (χ3v) is 3.88. The normalized spacial score (nSPS) is 16.5. The summed E-state index contributed by atoms with van der Waals surface area (Å²) in [6, 6.07) is 1.77. The molecule has 150 valence electrons. The molecule has 27 heavy (non-hydrogen) atoms. The van der Waals surface area contributed by atoms with Gasteiger partial charge >= 0.3 is 5.97 Å². The van der Waals surface area contributed by atoms with Crippen molar-refractivity contribution in [2.24, 2.45) is 5.73 Å². The third kappa shape index (κ3) is 6.85. The molecule has 0 aliphatic heterocycles. The van der Waals surface area contributed by atoms with E-state index in [9.17, 15) is 29.7 Å². The van der Waals surface area contributed by atoms with Crippen molar-refractivity contribution < 1.29 is 34.8 Å². The summed E-state index contributed by atoms with van der Waals surface area (Å²) in [4.78, 5) is 35.8. The number of aliphatic carboxylic acids is 1. The number of nitrogens with one attached hydrogen (secondary N) is 2. The Kier molecular flexibility index (Phi) is 8.16. The molecule has 0 fully saturated rings. The average Bonchev–Trinajstić information content (AvgIpc) is 2.59. The van der Waals surface area contributed by atoms with Crippen LogP contribution in [0.4, 0.5) is 0 Å². The lowest BCUT2D eigenvalue weighted by atomic mass is 10.0. The van der Waals surface area contributed by atoms with Gasteiger partial charge in [0.2, 0.25) is 11.8 Å². The highest BCUT2D eigenvalue weighted by atomic mass is 16.4. The second-order valence-corrected chi connectivity index (χ2v) is 6.26. The molecular weight excluding hydrogens is 358 g/mol. The Balaban J connectivity index is 3.00. The largest absolute Gasteiger partial charge is 0.508 e. The minimum atomic E-state index is -1.57. The molecule has 0 aliphatic carbocycles. The van der Waals surface area contributed by atoms with Gasteiger partial charge in [0.15, 0.2) is 6.04 Å². The van der Waals surface area contributed by atoms with E-state index in [-0.39, 0.29) is 12.2 Å². The van der Waals surface area contributed by atoms with Crippen molar-refractivity contribution in [3.63, 3.8) is 0 Å². The lowest BCUT2D eigenvalue weighted by molar-refractivity contribution is -0.145. The summed E-state index contributed by atoms with van der Waals surface area (Å²) in [5.41, 5.74) is 6.13. The number of amides is 2. The van der Waals surface area contributed by atoms with Gasteiger partial charge in [-0.3, -0.25) is 9.59 Å². The minimum Gasteiger partial charge on any atom is -0.508 e. The van der Waals surface area contributed by atoms with Gasteiger partial charge in [-0.15, -0.1) is 0 Å². The molecule has 0 spiro atoms. The molecule has 0 saturated heterocycles. The van der Waals surface area contributed by atoms with E-state index >= 15 is 0 Å². The van der Waals surface area contributed by atoms with E-state index in [1.54, 1.807) is 0 Å². The topological polar surface area (TPSA) is 182 Å². The molecule has 0 aromatic heterocycles.